The number of furan rings is 1. The van der Waals surface area contributed by atoms with Crippen molar-refractivity contribution < 1.29 is 26.9 Å². The first-order valence-corrected chi connectivity index (χ1v) is 10.9. The zero-order chi connectivity index (χ0) is 21.0. The van der Waals surface area contributed by atoms with Gasteiger partial charge in [-0.15, -0.1) is 11.8 Å². The van der Waals surface area contributed by atoms with Gasteiger partial charge in [0.1, 0.15) is 12.4 Å². The summed E-state index contributed by atoms with van der Waals surface area (Å²) in [5.41, 5.74) is 0.376. The molecule has 0 amide bonds. The highest BCUT2D eigenvalue weighted by atomic mass is 32.2. The van der Waals surface area contributed by atoms with Gasteiger partial charge < -0.3 is 13.7 Å². The van der Waals surface area contributed by atoms with Crippen molar-refractivity contribution in [2.45, 2.75) is 29.3 Å². The molecule has 2 aromatic heterocycles. The number of hydrogen-bond donors (Lipinski definition) is 0. The summed E-state index contributed by atoms with van der Waals surface area (Å²) in [7, 11) is -0.873. The first-order chi connectivity index (χ1) is 13.8. The largest absolute Gasteiger partial charge is 0.454 e. The lowest BCUT2D eigenvalue weighted by molar-refractivity contribution is 0.0436. The number of aryl methyl sites for hydroxylation is 1. The minimum Gasteiger partial charge on any atom is -0.454 e. The van der Waals surface area contributed by atoms with Crippen LogP contribution in [-0.2, 0) is 27.1 Å². The third-order valence-corrected chi connectivity index (χ3v) is 6.49. The maximum absolute atomic E-state index is 12.5. The predicted molar refractivity (Wildman–Crippen MR) is 104 cm³/mol. The van der Waals surface area contributed by atoms with Crippen molar-refractivity contribution in [3.8, 4) is 0 Å². The lowest BCUT2D eigenvalue weighted by Gasteiger charge is -2.09. The quantitative estimate of drug-likeness (QED) is 0.387. The molecule has 0 aliphatic heterocycles. The highest BCUT2D eigenvalue weighted by Gasteiger charge is 2.22. The molecule has 0 radical (unpaired) electrons. The van der Waals surface area contributed by atoms with Crippen LogP contribution in [0.3, 0.4) is 0 Å². The maximum atomic E-state index is 12.5. The van der Waals surface area contributed by atoms with Crippen LogP contribution in [0.25, 0.3) is 0 Å². The van der Waals surface area contributed by atoms with E-state index in [0.29, 0.717) is 27.9 Å². The molecule has 2 heterocycles. The molecule has 0 unspecified atom stereocenters. The van der Waals surface area contributed by atoms with E-state index in [1.54, 1.807) is 25.1 Å². The van der Waals surface area contributed by atoms with Gasteiger partial charge >= 0.3 is 5.97 Å². The molecule has 0 aliphatic carbocycles. The molecule has 0 N–H and O–H groups in total. The lowest BCUT2D eigenvalue weighted by atomic mass is 10.2. The summed E-state index contributed by atoms with van der Waals surface area (Å²) in [4.78, 5) is 17.3. The van der Waals surface area contributed by atoms with Crippen molar-refractivity contribution in [1.82, 2.24) is 14.4 Å². The van der Waals surface area contributed by atoms with E-state index >= 15 is 0 Å². The second-order valence-corrected chi connectivity index (χ2v) is 9.20. The molecule has 11 heteroatoms. The first kappa shape index (κ1) is 21.1. The molecule has 0 spiro atoms. The van der Waals surface area contributed by atoms with E-state index in [2.05, 4.69) is 10.1 Å². The van der Waals surface area contributed by atoms with Crippen LogP contribution < -0.4 is 0 Å². The number of hydrogen-bond acceptors (Lipinski definition) is 9. The smallest absolute Gasteiger partial charge is 0.339 e. The van der Waals surface area contributed by atoms with Crippen LogP contribution in [0.4, 0.5) is 0 Å². The summed E-state index contributed by atoms with van der Waals surface area (Å²) in [6, 6.07) is 9.76. The number of sulfonamides is 1. The molecular formula is C18H19N3O6S2. The van der Waals surface area contributed by atoms with Crippen molar-refractivity contribution in [1.29, 1.82) is 0 Å². The van der Waals surface area contributed by atoms with E-state index in [-0.39, 0.29) is 17.5 Å². The van der Waals surface area contributed by atoms with Crippen LogP contribution in [0.5, 0.6) is 0 Å². The van der Waals surface area contributed by atoms with Crippen molar-refractivity contribution in [3.63, 3.8) is 0 Å². The number of aromatic nitrogens is 2. The minimum atomic E-state index is -3.68. The molecule has 3 rings (SSSR count). The first-order valence-electron chi connectivity index (χ1n) is 8.47. The van der Waals surface area contributed by atoms with Gasteiger partial charge in [-0.05, 0) is 31.2 Å². The van der Waals surface area contributed by atoms with Crippen LogP contribution in [0.2, 0.25) is 0 Å². The Morgan fingerprint density at radius 2 is 1.97 bits per heavy atom. The zero-order valence-corrected chi connectivity index (χ0v) is 17.6. The van der Waals surface area contributed by atoms with E-state index in [0.717, 1.165) is 4.31 Å². The summed E-state index contributed by atoms with van der Waals surface area (Å²) >= 11 is 1.37. The van der Waals surface area contributed by atoms with Gasteiger partial charge in [0.15, 0.2) is 5.82 Å². The van der Waals surface area contributed by atoms with E-state index < -0.39 is 16.0 Å². The van der Waals surface area contributed by atoms with Gasteiger partial charge in [-0.2, -0.15) is 4.98 Å². The Kier molecular flexibility index (Phi) is 6.40. The second-order valence-electron chi connectivity index (χ2n) is 6.10. The summed E-state index contributed by atoms with van der Waals surface area (Å²) in [6.45, 7) is 1.54. The van der Waals surface area contributed by atoms with Gasteiger partial charge in [0, 0.05) is 19.0 Å². The molecule has 9 nitrogen and oxygen atoms in total. The molecule has 0 aliphatic rings. The monoisotopic (exact) mass is 437 g/mol. The fourth-order valence-electron chi connectivity index (χ4n) is 2.27. The SMILES string of the molecule is Cc1noc(CSc2ccccc2C(=O)OCc2ccc(S(=O)(=O)N(C)C)o2)n1. The lowest BCUT2D eigenvalue weighted by Crippen LogP contribution is -2.21. The van der Waals surface area contributed by atoms with Gasteiger partial charge in [-0.25, -0.2) is 17.5 Å². The molecule has 0 fully saturated rings. The van der Waals surface area contributed by atoms with Gasteiger partial charge in [0.25, 0.3) is 10.0 Å². The van der Waals surface area contributed by atoms with Gasteiger partial charge in [-0.1, -0.05) is 17.3 Å². The Bertz CT molecular complexity index is 1100. The standard InChI is InChI=1S/C18H19N3O6S2/c1-12-19-16(27-20-12)11-28-15-7-5-4-6-14(15)18(22)25-10-13-8-9-17(26-13)29(23,24)21(2)3/h4-9H,10-11H2,1-3H3. The van der Waals surface area contributed by atoms with Gasteiger partial charge in [-0.3, -0.25) is 0 Å². The molecule has 154 valence electrons. The normalized spacial score (nSPS) is 11.7. The van der Waals surface area contributed by atoms with Gasteiger partial charge in [0.2, 0.25) is 11.0 Å². The average Bonchev–Trinajstić information content (AvgIpc) is 3.34. The molecule has 1 aromatic carbocycles. The number of carbonyl (C=O) groups excluding carboxylic acids is 1. The fraction of sp³-hybridized carbons (Fsp3) is 0.278. The van der Waals surface area contributed by atoms with Crippen molar-refractivity contribution in [2.75, 3.05) is 14.1 Å². The molecule has 3 aromatic rings. The Morgan fingerprint density at radius 3 is 2.66 bits per heavy atom. The molecular weight excluding hydrogens is 418 g/mol. The Morgan fingerprint density at radius 1 is 1.21 bits per heavy atom. The average molecular weight is 437 g/mol. The predicted octanol–water partition coefficient (Wildman–Crippen LogP) is 2.87. The summed E-state index contributed by atoms with van der Waals surface area (Å²) in [5.74, 6) is 1.09. The van der Waals surface area contributed by atoms with E-state index in [1.807, 2.05) is 6.07 Å². The van der Waals surface area contributed by atoms with Crippen LogP contribution >= 0.6 is 11.8 Å². The fourth-order valence-corrected chi connectivity index (χ4v) is 3.96. The third kappa shape index (κ3) is 5.05. The minimum absolute atomic E-state index is 0.191. The second kappa shape index (κ2) is 8.80. The van der Waals surface area contributed by atoms with Crippen molar-refractivity contribution in [2.24, 2.45) is 0 Å². The van der Waals surface area contributed by atoms with Crippen LogP contribution in [0.15, 0.2) is 55.3 Å². The number of esters is 1. The highest BCUT2D eigenvalue weighted by molar-refractivity contribution is 7.98. The topological polar surface area (TPSA) is 116 Å². The number of rotatable bonds is 8. The number of nitrogens with zero attached hydrogens (tertiary/aromatic N) is 3. The summed E-state index contributed by atoms with van der Waals surface area (Å²) < 4.78 is 40.8. The molecule has 29 heavy (non-hydrogen) atoms. The Labute approximate surface area is 172 Å². The zero-order valence-electron chi connectivity index (χ0n) is 16.0. The van der Waals surface area contributed by atoms with Crippen molar-refractivity contribution in [3.05, 3.63) is 59.4 Å². The van der Waals surface area contributed by atoms with E-state index in [1.165, 1.54) is 38.0 Å². The van der Waals surface area contributed by atoms with E-state index in [9.17, 15) is 13.2 Å². The number of ether oxygens (including phenoxy) is 1. The number of carbonyl (C=O) groups is 1. The number of benzene rings is 1. The van der Waals surface area contributed by atoms with E-state index in [4.69, 9.17) is 13.7 Å². The van der Waals surface area contributed by atoms with Gasteiger partial charge in [0.05, 0.1) is 11.3 Å². The van der Waals surface area contributed by atoms with Crippen LogP contribution in [0.1, 0.15) is 27.8 Å². The molecule has 0 saturated carbocycles. The molecule has 0 atom stereocenters. The summed E-state index contributed by atoms with van der Waals surface area (Å²) in [5, 5.41) is 3.52. The summed E-state index contributed by atoms with van der Waals surface area (Å²) in [6.07, 6.45) is 0. The maximum Gasteiger partial charge on any atom is 0.339 e. The molecule has 0 bridgehead atoms. The van der Waals surface area contributed by atoms with Crippen LogP contribution in [0, 0.1) is 6.92 Å². The molecule has 0 saturated heterocycles. The van der Waals surface area contributed by atoms with Crippen LogP contribution in [-0.4, -0.2) is 42.9 Å². The third-order valence-electron chi connectivity index (χ3n) is 3.75. The number of thioether (sulfide) groups is 1. The Hall–Kier alpha value is -2.63. The van der Waals surface area contributed by atoms with Crippen molar-refractivity contribution >= 4 is 27.8 Å². The Balaban J connectivity index is 1.65. The highest BCUT2D eigenvalue weighted by Crippen LogP contribution is 2.27.